The molecule has 1 aromatic heterocycles. The maximum atomic E-state index is 4.35. The zero-order chi connectivity index (χ0) is 14.7. The predicted octanol–water partition coefficient (Wildman–Crippen LogP) is 3.56. The van der Waals surface area contributed by atoms with E-state index in [1.165, 1.54) is 21.9 Å². The smallest absolute Gasteiger partial charge is 0.0522 e. The van der Waals surface area contributed by atoms with Crippen molar-refractivity contribution in [1.29, 1.82) is 0 Å². The molecule has 0 saturated carbocycles. The van der Waals surface area contributed by atoms with E-state index in [0.717, 1.165) is 13.0 Å². The summed E-state index contributed by atoms with van der Waals surface area (Å²) in [6.07, 6.45) is 5.05. The van der Waals surface area contributed by atoms with Crippen LogP contribution in [0.5, 0.6) is 0 Å². The van der Waals surface area contributed by atoms with Gasteiger partial charge in [-0.3, -0.25) is 4.68 Å². The van der Waals surface area contributed by atoms with E-state index in [-0.39, 0.29) is 0 Å². The number of hydrogen-bond acceptors (Lipinski definition) is 2. The predicted molar refractivity (Wildman–Crippen MR) is 87.4 cm³/mol. The molecule has 1 N–H and O–H groups in total. The second-order valence-electron chi connectivity index (χ2n) is 5.36. The summed E-state index contributed by atoms with van der Waals surface area (Å²) in [5, 5.41) is 10.4. The summed E-state index contributed by atoms with van der Waals surface area (Å²) >= 11 is 0. The highest BCUT2D eigenvalue weighted by atomic mass is 15.3. The van der Waals surface area contributed by atoms with E-state index in [0.29, 0.717) is 6.04 Å². The summed E-state index contributed by atoms with van der Waals surface area (Å²) in [7, 11) is 2.02. The van der Waals surface area contributed by atoms with Gasteiger partial charge in [0.15, 0.2) is 0 Å². The molecule has 3 nitrogen and oxygen atoms in total. The second kappa shape index (κ2) is 6.10. The minimum Gasteiger partial charge on any atom is -0.313 e. The fraction of sp³-hybridized carbons (Fsp3) is 0.278. The van der Waals surface area contributed by atoms with Gasteiger partial charge in [0, 0.05) is 18.8 Å². The average Bonchev–Trinajstić information content (AvgIpc) is 3.00. The Labute approximate surface area is 125 Å². The van der Waals surface area contributed by atoms with E-state index in [1.807, 2.05) is 17.9 Å². The number of nitrogens with zero attached hydrogens (tertiary/aromatic N) is 2. The molecule has 3 aromatic rings. The van der Waals surface area contributed by atoms with Gasteiger partial charge in [0.25, 0.3) is 0 Å². The van der Waals surface area contributed by atoms with Crippen molar-refractivity contribution in [3.05, 3.63) is 66.0 Å². The second-order valence-corrected chi connectivity index (χ2v) is 5.36. The molecule has 0 fully saturated rings. The Morgan fingerprint density at radius 3 is 2.67 bits per heavy atom. The number of rotatable bonds is 5. The highest BCUT2D eigenvalue weighted by Crippen LogP contribution is 2.23. The molecule has 0 amide bonds. The highest BCUT2D eigenvalue weighted by Gasteiger charge is 2.11. The molecule has 1 atom stereocenters. The first-order valence-electron chi connectivity index (χ1n) is 7.47. The third-order valence-electron chi connectivity index (χ3n) is 3.97. The lowest BCUT2D eigenvalue weighted by Crippen LogP contribution is -2.18. The van der Waals surface area contributed by atoms with Gasteiger partial charge in [-0.15, -0.1) is 0 Å². The number of aryl methyl sites for hydroxylation is 1. The minimum atomic E-state index is 0.309. The molecule has 0 spiro atoms. The van der Waals surface area contributed by atoms with Crippen LogP contribution in [0.1, 0.15) is 24.1 Å². The molecule has 3 heteroatoms. The Bertz CT molecular complexity index is 730. The standard InChI is InChI=1S/C18H21N3/c1-3-21-13-14(12-20-21)10-18(19-2)17-9-8-15-6-4-5-7-16(15)11-17/h4-9,11-13,18-19H,3,10H2,1-2H3. The van der Waals surface area contributed by atoms with Crippen LogP contribution in [0.25, 0.3) is 10.8 Å². The maximum Gasteiger partial charge on any atom is 0.0522 e. The third kappa shape index (κ3) is 2.98. The largest absolute Gasteiger partial charge is 0.313 e. The average molecular weight is 279 g/mol. The minimum absolute atomic E-state index is 0.309. The fourth-order valence-electron chi connectivity index (χ4n) is 2.73. The number of aromatic nitrogens is 2. The van der Waals surface area contributed by atoms with Crippen LogP contribution in [0.4, 0.5) is 0 Å². The van der Waals surface area contributed by atoms with Crippen LogP contribution in [-0.2, 0) is 13.0 Å². The van der Waals surface area contributed by atoms with E-state index < -0.39 is 0 Å². The first-order valence-corrected chi connectivity index (χ1v) is 7.47. The quantitative estimate of drug-likeness (QED) is 0.774. The van der Waals surface area contributed by atoms with E-state index in [4.69, 9.17) is 0 Å². The summed E-state index contributed by atoms with van der Waals surface area (Å²) in [4.78, 5) is 0. The first-order chi connectivity index (χ1) is 10.3. The first kappa shape index (κ1) is 13.8. The van der Waals surface area contributed by atoms with Gasteiger partial charge < -0.3 is 5.32 Å². The highest BCUT2D eigenvalue weighted by molar-refractivity contribution is 5.83. The van der Waals surface area contributed by atoms with Crippen molar-refractivity contribution in [2.45, 2.75) is 25.9 Å². The van der Waals surface area contributed by atoms with E-state index in [9.17, 15) is 0 Å². The summed E-state index contributed by atoms with van der Waals surface area (Å²) in [6.45, 7) is 3.02. The number of likely N-dealkylation sites (N-methyl/N-ethyl adjacent to an activating group) is 1. The van der Waals surface area contributed by atoms with Crippen LogP contribution in [0.3, 0.4) is 0 Å². The monoisotopic (exact) mass is 279 g/mol. The van der Waals surface area contributed by atoms with E-state index in [2.05, 4.69) is 66.0 Å². The molecule has 2 aromatic carbocycles. The number of hydrogen-bond donors (Lipinski definition) is 1. The molecule has 108 valence electrons. The van der Waals surface area contributed by atoms with Crippen LogP contribution in [0.15, 0.2) is 54.9 Å². The van der Waals surface area contributed by atoms with Gasteiger partial charge in [0.1, 0.15) is 0 Å². The van der Waals surface area contributed by atoms with Crippen molar-refractivity contribution in [2.24, 2.45) is 0 Å². The van der Waals surface area contributed by atoms with Gasteiger partial charge in [0.05, 0.1) is 6.20 Å². The lowest BCUT2D eigenvalue weighted by molar-refractivity contribution is 0.591. The SMILES string of the molecule is CCn1cc(CC(NC)c2ccc3ccccc3c2)cn1. The van der Waals surface area contributed by atoms with Gasteiger partial charge in [-0.1, -0.05) is 36.4 Å². The van der Waals surface area contributed by atoms with Gasteiger partial charge in [0.2, 0.25) is 0 Å². The zero-order valence-corrected chi connectivity index (χ0v) is 12.6. The van der Waals surface area contributed by atoms with Crippen LogP contribution in [0, 0.1) is 0 Å². The molecule has 1 unspecified atom stereocenters. The van der Waals surface area contributed by atoms with Gasteiger partial charge in [-0.25, -0.2) is 0 Å². The van der Waals surface area contributed by atoms with Crippen LogP contribution in [0.2, 0.25) is 0 Å². The van der Waals surface area contributed by atoms with Crippen molar-refractivity contribution < 1.29 is 0 Å². The summed E-state index contributed by atoms with van der Waals surface area (Å²) < 4.78 is 1.97. The topological polar surface area (TPSA) is 29.9 Å². The molecule has 0 bridgehead atoms. The number of benzene rings is 2. The van der Waals surface area contributed by atoms with Crippen molar-refractivity contribution in [3.63, 3.8) is 0 Å². The Hall–Kier alpha value is -2.13. The Morgan fingerprint density at radius 1 is 1.14 bits per heavy atom. The lowest BCUT2D eigenvalue weighted by Gasteiger charge is -2.16. The van der Waals surface area contributed by atoms with E-state index >= 15 is 0 Å². The van der Waals surface area contributed by atoms with Crippen LogP contribution in [-0.4, -0.2) is 16.8 Å². The summed E-state index contributed by atoms with van der Waals surface area (Å²) in [5.41, 5.74) is 2.59. The third-order valence-corrected chi connectivity index (χ3v) is 3.97. The molecule has 0 radical (unpaired) electrons. The molecule has 0 saturated heterocycles. The maximum absolute atomic E-state index is 4.35. The summed E-state index contributed by atoms with van der Waals surface area (Å²) in [5.74, 6) is 0. The van der Waals surface area contributed by atoms with Crippen LogP contribution >= 0.6 is 0 Å². The van der Waals surface area contributed by atoms with Crippen molar-refractivity contribution in [1.82, 2.24) is 15.1 Å². The molecule has 0 aliphatic carbocycles. The molecular weight excluding hydrogens is 258 g/mol. The van der Waals surface area contributed by atoms with Crippen molar-refractivity contribution in [3.8, 4) is 0 Å². The Kier molecular flexibility index (Phi) is 4.02. The lowest BCUT2D eigenvalue weighted by atomic mass is 9.98. The molecule has 3 rings (SSSR count). The Morgan fingerprint density at radius 2 is 1.95 bits per heavy atom. The van der Waals surface area contributed by atoms with Gasteiger partial charge >= 0.3 is 0 Å². The number of nitrogens with one attached hydrogen (secondary N) is 1. The molecule has 21 heavy (non-hydrogen) atoms. The van der Waals surface area contributed by atoms with Gasteiger partial charge in [-0.05, 0) is 48.4 Å². The molecule has 1 heterocycles. The normalized spacial score (nSPS) is 12.7. The van der Waals surface area contributed by atoms with Crippen molar-refractivity contribution in [2.75, 3.05) is 7.05 Å². The fourth-order valence-corrected chi connectivity index (χ4v) is 2.73. The number of fused-ring (bicyclic) bond motifs is 1. The molecular formula is C18H21N3. The van der Waals surface area contributed by atoms with Crippen LogP contribution < -0.4 is 5.32 Å². The summed E-state index contributed by atoms with van der Waals surface area (Å²) in [6, 6.07) is 15.5. The zero-order valence-electron chi connectivity index (χ0n) is 12.6. The molecule has 0 aliphatic rings. The Balaban J connectivity index is 1.86. The van der Waals surface area contributed by atoms with Crippen molar-refractivity contribution >= 4 is 10.8 Å². The van der Waals surface area contributed by atoms with Gasteiger partial charge in [-0.2, -0.15) is 5.10 Å². The molecule has 0 aliphatic heterocycles. The van der Waals surface area contributed by atoms with E-state index in [1.54, 1.807) is 0 Å².